The number of amides is 2. The molecule has 1 fully saturated rings. The number of carbonyl (C=O) groups is 3. The van der Waals surface area contributed by atoms with E-state index in [2.05, 4.69) is 5.32 Å². The lowest BCUT2D eigenvalue weighted by Gasteiger charge is -2.20. The maximum atomic E-state index is 12.1. The molecule has 0 aromatic heterocycles. The Hall–Kier alpha value is -2.67. The summed E-state index contributed by atoms with van der Waals surface area (Å²) in [6, 6.07) is 7.12. The first kappa shape index (κ1) is 20.6. The molecule has 1 aromatic rings. The summed E-state index contributed by atoms with van der Waals surface area (Å²) in [5.74, 6) is -0.497. The van der Waals surface area contributed by atoms with E-state index in [1.807, 2.05) is 4.90 Å². The highest BCUT2D eigenvalue weighted by Gasteiger charge is 2.19. The fourth-order valence-corrected chi connectivity index (χ4v) is 2.83. The number of likely N-dealkylation sites (tertiary alicyclic amines) is 1. The van der Waals surface area contributed by atoms with E-state index in [1.165, 1.54) is 6.08 Å². The number of carbonyl (C=O) groups excluding carboxylic acids is 3. The Kier molecular flexibility index (Phi) is 8.00. The quantitative estimate of drug-likeness (QED) is 0.555. The largest absolute Gasteiger partial charge is 0.463 e. The van der Waals surface area contributed by atoms with Crippen molar-refractivity contribution in [2.75, 3.05) is 45.2 Å². The number of hydrogen-bond donors (Lipinski definition) is 1. The minimum absolute atomic E-state index is 0.0699. The highest BCUT2D eigenvalue weighted by Crippen LogP contribution is 2.11. The number of hydrogen-bond acceptors (Lipinski definition) is 5. The molecule has 0 radical (unpaired) electrons. The van der Waals surface area contributed by atoms with Crippen molar-refractivity contribution in [2.24, 2.45) is 0 Å². The van der Waals surface area contributed by atoms with Gasteiger partial charge in [0.25, 0.3) is 0 Å². The van der Waals surface area contributed by atoms with Crippen LogP contribution >= 0.6 is 0 Å². The number of benzene rings is 1. The normalized spacial score (nSPS) is 14.0. The second-order valence-corrected chi connectivity index (χ2v) is 6.52. The molecule has 1 N–H and O–H groups in total. The van der Waals surface area contributed by atoms with Crippen molar-refractivity contribution in [1.82, 2.24) is 9.80 Å². The summed E-state index contributed by atoms with van der Waals surface area (Å²) in [4.78, 5) is 39.1. The van der Waals surface area contributed by atoms with Gasteiger partial charge in [0.15, 0.2) is 0 Å². The Morgan fingerprint density at radius 1 is 1.15 bits per heavy atom. The average molecular weight is 373 g/mol. The zero-order valence-electron chi connectivity index (χ0n) is 15.9. The predicted molar refractivity (Wildman–Crippen MR) is 104 cm³/mol. The van der Waals surface area contributed by atoms with Crippen LogP contribution in [-0.4, -0.2) is 67.4 Å². The first-order chi connectivity index (χ1) is 13.0. The predicted octanol–water partition coefficient (Wildman–Crippen LogP) is 1.76. The van der Waals surface area contributed by atoms with Crippen LogP contribution < -0.4 is 5.32 Å². The van der Waals surface area contributed by atoms with E-state index in [1.54, 1.807) is 49.2 Å². The second-order valence-electron chi connectivity index (χ2n) is 6.52. The van der Waals surface area contributed by atoms with Crippen molar-refractivity contribution in [1.29, 1.82) is 0 Å². The molecule has 27 heavy (non-hydrogen) atoms. The molecule has 7 heteroatoms. The van der Waals surface area contributed by atoms with Gasteiger partial charge in [-0.2, -0.15) is 0 Å². The van der Waals surface area contributed by atoms with Gasteiger partial charge in [0.2, 0.25) is 11.8 Å². The number of likely N-dealkylation sites (N-methyl/N-ethyl adjacent to an activating group) is 1. The highest BCUT2D eigenvalue weighted by atomic mass is 16.5. The van der Waals surface area contributed by atoms with E-state index in [-0.39, 0.29) is 30.9 Å². The molecule has 146 valence electrons. The average Bonchev–Trinajstić information content (AvgIpc) is 3.16. The van der Waals surface area contributed by atoms with Crippen LogP contribution in [0, 0.1) is 0 Å². The van der Waals surface area contributed by atoms with Gasteiger partial charge >= 0.3 is 5.97 Å². The molecule has 0 spiro atoms. The Morgan fingerprint density at radius 3 is 2.44 bits per heavy atom. The Morgan fingerprint density at radius 2 is 1.81 bits per heavy atom. The lowest BCUT2D eigenvalue weighted by Crippen LogP contribution is -2.40. The van der Waals surface area contributed by atoms with E-state index in [0.717, 1.165) is 31.5 Å². The van der Waals surface area contributed by atoms with Crippen LogP contribution in [0.5, 0.6) is 0 Å². The van der Waals surface area contributed by atoms with Crippen LogP contribution in [0.2, 0.25) is 0 Å². The molecule has 2 rings (SSSR count). The van der Waals surface area contributed by atoms with E-state index < -0.39 is 0 Å². The molecule has 0 bridgehead atoms. The summed E-state index contributed by atoms with van der Waals surface area (Å²) in [7, 11) is 1.76. The number of nitrogens with zero attached hydrogens (tertiary/aromatic N) is 2. The third kappa shape index (κ3) is 7.22. The molecule has 1 saturated heterocycles. The van der Waals surface area contributed by atoms with E-state index >= 15 is 0 Å². The number of anilines is 1. The molecular formula is C20H27N3O4. The fraction of sp³-hybridized carbons (Fsp3) is 0.450. The van der Waals surface area contributed by atoms with Crippen molar-refractivity contribution in [3.63, 3.8) is 0 Å². The number of rotatable bonds is 8. The van der Waals surface area contributed by atoms with Crippen LogP contribution in [0.15, 0.2) is 30.3 Å². The minimum atomic E-state index is -0.388. The lowest BCUT2D eigenvalue weighted by atomic mass is 10.2. The summed E-state index contributed by atoms with van der Waals surface area (Å²) in [5, 5.41) is 2.81. The Labute approximate surface area is 160 Å². The number of ether oxygens (including phenoxy) is 1. The van der Waals surface area contributed by atoms with Crippen LogP contribution in [0.1, 0.15) is 25.3 Å². The first-order valence-electron chi connectivity index (χ1n) is 9.19. The van der Waals surface area contributed by atoms with Crippen LogP contribution in [0.3, 0.4) is 0 Å². The van der Waals surface area contributed by atoms with Gasteiger partial charge in [0, 0.05) is 24.9 Å². The molecule has 0 atom stereocenters. The summed E-state index contributed by atoms with van der Waals surface area (Å²) in [6.07, 6.45) is 5.13. The highest BCUT2D eigenvalue weighted by molar-refractivity contribution is 5.93. The van der Waals surface area contributed by atoms with E-state index in [0.29, 0.717) is 12.3 Å². The maximum absolute atomic E-state index is 12.1. The molecule has 0 aliphatic carbocycles. The van der Waals surface area contributed by atoms with Gasteiger partial charge in [-0.3, -0.25) is 14.5 Å². The van der Waals surface area contributed by atoms with Gasteiger partial charge in [-0.25, -0.2) is 4.79 Å². The zero-order chi connectivity index (χ0) is 19.6. The van der Waals surface area contributed by atoms with E-state index in [4.69, 9.17) is 4.74 Å². The molecule has 1 aromatic carbocycles. The van der Waals surface area contributed by atoms with Gasteiger partial charge < -0.3 is 15.0 Å². The van der Waals surface area contributed by atoms with Gasteiger partial charge in [-0.05, 0) is 50.6 Å². The van der Waals surface area contributed by atoms with Crippen LogP contribution in [0.4, 0.5) is 5.69 Å². The van der Waals surface area contributed by atoms with Gasteiger partial charge in [-0.15, -0.1) is 0 Å². The molecular weight excluding hydrogens is 346 g/mol. The smallest absolute Gasteiger partial charge is 0.330 e. The molecule has 1 aliphatic heterocycles. The Bertz CT molecular complexity index is 679. The molecule has 7 nitrogen and oxygen atoms in total. The lowest BCUT2D eigenvalue weighted by molar-refractivity contribution is -0.137. The van der Waals surface area contributed by atoms with Crippen molar-refractivity contribution in [3.05, 3.63) is 35.9 Å². The summed E-state index contributed by atoms with van der Waals surface area (Å²) in [6.45, 7) is 4.11. The standard InChI is InChI=1S/C20H27N3O4/c1-3-27-20(26)11-8-16-6-9-17(10-7-16)21-18(24)14-22(2)15-19(25)23-12-4-5-13-23/h6-11H,3-5,12-15H2,1-2H3,(H,21,24)/b11-8+. The monoisotopic (exact) mass is 373 g/mol. The molecule has 0 unspecified atom stereocenters. The van der Waals surface area contributed by atoms with Crippen molar-refractivity contribution >= 4 is 29.5 Å². The third-order valence-corrected chi connectivity index (χ3v) is 4.17. The Balaban J connectivity index is 1.77. The topological polar surface area (TPSA) is 79.0 Å². The van der Waals surface area contributed by atoms with E-state index in [9.17, 15) is 14.4 Å². The van der Waals surface area contributed by atoms with Gasteiger partial charge in [-0.1, -0.05) is 12.1 Å². The van der Waals surface area contributed by atoms with Gasteiger partial charge in [0.1, 0.15) is 0 Å². The SMILES string of the molecule is CCOC(=O)/C=C/c1ccc(NC(=O)CN(C)CC(=O)N2CCCC2)cc1. The third-order valence-electron chi connectivity index (χ3n) is 4.17. The molecule has 0 saturated carbocycles. The summed E-state index contributed by atoms with van der Waals surface area (Å²) >= 11 is 0. The molecule has 1 heterocycles. The van der Waals surface area contributed by atoms with Gasteiger partial charge in [0.05, 0.1) is 19.7 Å². The molecule has 1 aliphatic rings. The van der Waals surface area contributed by atoms with Crippen LogP contribution in [0.25, 0.3) is 6.08 Å². The number of nitrogens with one attached hydrogen (secondary N) is 1. The van der Waals surface area contributed by atoms with Crippen molar-refractivity contribution < 1.29 is 19.1 Å². The van der Waals surface area contributed by atoms with Crippen LogP contribution in [-0.2, 0) is 19.1 Å². The number of esters is 1. The van der Waals surface area contributed by atoms with Crippen molar-refractivity contribution in [3.8, 4) is 0 Å². The second kappa shape index (κ2) is 10.5. The summed E-state index contributed by atoms with van der Waals surface area (Å²) < 4.78 is 4.82. The minimum Gasteiger partial charge on any atom is -0.463 e. The fourth-order valence-electron chi connectivity index (χ4n) is 2.83. The summed E-state index contributed by atoms with van der Waals surface area (Å²) in [5.41, 5.74) is 1.49. The van der Waals surface area contributed by atoms with Crippen molar-refractivity contribution in [2.45, 2.75) is 19.8 Å². The zero-order valence-corrected chi connectivity index (χ0v) is 15.9. The first-order valence-corrected chi connectivity index (χ1v) is 9.19. The molecule has 2 amide bonds. The maximum Gasteiger partial charge on any atom is 0.330 e.